The van der Waals surface area contributed by atoms with E-state index in [2.05, 4.69) is 20.5 Å². The molecule has 1 saturated heterocycles. The molecule has 1 fully saturated rings. The SMILES string of the molecule is CN1CCOc2ccccc2C(=O)N[C@H](C(=O)N2CCN(c3ccccn3)CC2)CC(=O)N[C@@H](Cc2ccccc2)C1=O. The van der Waals surface area contributed by atoms with Gasteiger partial charge in [-0.2, -0.15) is 0 Å². The van der Waals surface area contributed by atoms with E-state index in [1.54, 1.807) is 42.4 Å². The molecule has 0 aliphatic carbocycles. The zero-order valence-corrected chi connectivity index (χ0v) is 24.1. The van der Waals surface area contributed by atoms with Gasteiger partial charge in [0.1, 0.15) is 30.3 Å². The average molecular weight is 585 g/mol. The molecule has 4 amide bonds. The van der Waals surface area contributed by atoms with Gasteiger partial charge < -0.3 is 30.1 Å². The van der Waals surface area contributed by atoms with Gasteiger partial charge in [-0.15, -0.1) is 0 Å². The Bertz CT molecular complexity index is 1430. The van der Waals surface area contributed by atoms with Crippen LogP contribution in [0.1, 0.15) is 22.3 Å². The lowest BCUT2D eigenvalue weighted by atomic mass is 10.0. The number of nitrogens with one attached hydrogen (secondary N) is 2. The number of hydrogen-bond acceptors (Lipinski definition) is 7. The van der Waals surface area contributed by atoms with Crippen LogP contribution in [0.3, 0.4) is 0 Å². The van der Waals surface area contributed by atoms with Gasteiger partial charge in [-0.3, -0.25) is 19.2 Å². The fourth-order valence-corrected chi connectivity index (χ4v) is 5.29. The Labute approximate surface area is 250 Å². The summed E-state index contributed by atoms with van der Waals surface area (Å²) in [6.45, 7) is 2.33. The molecule has 11 heteroatoms. The van der Waals surface area contributed by atoms with Gasteiger partial charge in [0.15, 0.2) is 0 Å². The summed E-state index contributed by atoms with van der Waals surface area (Å²) in [7, 11) is 1.65. The van der Waals surface area contributed by atoms with Gasteiger partial charge in [0, 0.05) is 45.8 Å². The number of rotatable bonds is 4. The number of fused-ring (bicyclic) bond motifs is 1. The number of nitrogens with zero attached hydrogens (tertiary/aromatic N) is 4. The number of anilines is 1. The molecule has 2 N–H and O–H groups in total. The molecule has 224 valence electrons. The number of hydrogen-bond donors (Lipinski definition) is 2. The van der Waals surface area contributed by atoms with Crippen LogP contribution in [0.4, 0.5) is 5.82 Å². The molecule has 43 heavy (non-hydrogen) atoms. The summed E-state index contributed by atoms with van der Waals surface area (Å²) in [5, 5.41) is 5.63. The van der Waals surface area contributed by atoms with Gasteiger partial charge in [-0.1, -0.05) is 48.5 Å². The number of carbonyl (C=O) groups is 4. The molecule has 0 unspecified atom stereocenters. The van der Waals surface area contributed by atoms with E-state index >= 15 is 0 Å². The predicted octanol–water partition coefficient (Wildman–Crippen LogP) is 1.50. The van der Waals surface area contributed by atoms with Crippen molar-refractivity contribution in [2.24, 2.45) is 0 Å². The van der Waals surface area contributed by atoms with Gasteiger partial charge in [0.2, 0.25) is 17.7 Å². The van der Waals surface area contributed by atoms with Crippen molar-refractivity contribution in [2.75, 3.05) is 51.3 Å². The second kappa shape index (κ2) is 13.8. The first-order valence-electron chi connectivity index (χ1n) is 14.4. The highest BCUT2D eigenvalue weighted by Gasteiger charge is 2.33. The molecule has 1 aromatic heterocycles. The number of para-hydroxylation sites is 1. The minimum atomic E-state index is -1.14. The molecule has 0 bridgehead atoms. The summed E-state index contributed by atoms with van der Waals surface area (Å²) in [4.78, 5) is 63.9. The number of benzene rings is 2. The molecule has 3 aromatic rings. The summed E-state index contributed by atoms with van der Waals surface area (Å²) >= 11 is 0. The van der Waals surface area contributed by atoms with E-state index < -0.39 is 23.9 Å². The molecule has 3 heterocycles. The number of pyridine rings is 1. The maximum absolute atomic E-state index is 13.8. The van der Waals surface area contributed by atoms with Crippen LogP contribution in [0, 0.1) is 0 Å². The van der Waals surface area contributed by atoms with E-state index in [1.165, 1.54) is 4.90 Å². The molecular formula is C32H36N6O5. The Morgan fingerprint density at radius 1 is 0.884 bits per heavy atom. The Morgan fingerprint density at radius 2 is 1.60 bits per heavy atom. The lowest BCUT2D eigenvalue weighted by Gasteiger charge is -2.37. The zero-order chi connectivity index (χ0) is 30.2. The highest BCUT2D eigenvalue weighted by molar-refractivity contribution is 6.01. The summed E-state index contributed by atoms with van der Waals surface area (Å²) in [5.74, 6) is -0.498. The van der Waals surface area contributed by atoms with Gasteiger partial charge >= 0.3 is 0 Å². The van der Waals surface area contributed by atoms with E-state index in [1.807, 2.05) is 48.5 Å². The van der Waals surface area contributed by atoms with E-state index in [0.717, 1.165) is 11.4 Å². The lowest BCUT2D eigenvalue weighted by Crippen LogP contribution is -2.57. The monoisotopic (exact) mass is 584 g/mol. The summed E-state index contributed by atoms with van der Waals surface area (Å²) < 4.78 is 5.91. The van der Waals surface area contributed by atoms with Gasteiger partial charge in [0.25, 0.3) is 5.91 Å². The molecule has 2 aliphatic heterocycles. The van der Waals surface area contributed by atoms with Crippen molar-refractivity contribution in [1.82, 2.24) is 25.4 Å². The number of ether oxygens (including phenoxy) is 1. The topological polar surface area (TPSA) is 124 Å². The van der Waals surface area contributed by atoms with Crippen LogP contribution in [0.15, 0.2) is 79.0 Å². The molecular weight excluding hydrogens is 548 g/mol. The molecule has 0 saturated carbocycles. The average Bonchev–Trinajstić information content (AvgIpc) is 3.04. The number of likely N-dealkylation sites (N-methyl/N-ethyl adjacent to an activating group) is 1. The molecule has 11 nitrogen and oxygen atoms in total. The Morgan fingerprint density at radius 3 is 2.35 bits per heavy atom. The number of aromatic nitrogens is 1. The second-order valence-corrected chi connectivity index (χ2v) is 10.6. The van der Waals surface area contributed by atoms with E-state index in [0.29, 0.717) is 31.9 Å². The summed E-state index contributed by atoms with van der Waals surface area (Å²) in [6.07, 6.45) is 1.68. The van der Waals surface area contributed by atoms with Crippen LogP contribution in [-0.4, -0.2) is 96.9 Å². The Kier molecular flexibility index (Phi) is 9.50. The molecule has 2 atom stereocenters. The largest absolute Gasteiger partial charge is 0.491 e. The first-order valence-corrected chi connectivity index (χ1v) is 14.4. The van der Waals surface area contributed by atoms with Crippen LogP contribution < -0.4 is 20.3 Å². The van der Waals surface area contributed by atoms with Gasteiger partial charge in [0.05, 0.1) is 18.5 Å². The highest BCUT2D eigenvalue weighted by Crippen LogP contribution is 2.20. The van der Waals surface area contributed by atoms with Crippen molar-refractivity contribution < 1.29 is 23.9 Å². The normalized spacial score (nSPS) is 20.3. The Hall–Kier alpha value is -4.93. The molecule has 2 aliphatic rings. The molecule has 2 aromatic carbocycles. The zero-order valence-electron chi connectivity index (χ0n) is 24.1. The predicted molar refractivity (Wildman–Crippen MR) is 161 cm³/mol. The molecule has 0 radical (unpaired) electrons. The quantitative estimate of drug-likeness (QED) is 0.476. The lowest BCUT2D eigenvalue weighted by molar-refractivity contribution is -0.138. The summed E-state index contributed by atoms with van der Waals surface area (Å²) in [6, 6.07) is 19.8. The van der Waals surface area contributed by atoms with Crippen molar-refractivity contribution in [3.8, 4) is 5.75 Å². The number of amides is 4. The minimum absolute atomic E-state index is 0.140. The van der Waals surface area contributed by atoms with Gasteiger partial charge in [-0.05, 0) is 29.8 Å². The first-order chi connectivity index (χ1) is 20.9. The maximum Gasteiger partial charge on any atom is 0.255 e. The van der Waals surface area contributed by atoms with Crippen LogP contribution in [0.2, 0.25) is 0 Å². The van der Waals surface area contributed by atoms with Crippen LogP contribution >= 0.6 is 0 Å². The van der Waals surface area contributed by atoms with E-state index in [-0.39, 0.29) is 43.4 Å². The number of piperazine rings is 1. The minimum Gasteiger partial charge on any atom is -0.491 e. The van der Waals surface area contributed by atoms with Gasteiger partial charge in [-0.25, -0.2) is 4.98 Å². The molecule has 5 rings (SSSR count). The highest BCUT2D eigenvalue weighted by atomic mass is 16.5. The van der Waals surface area contributed by atoms with Crippen molar-refractivity contribution >= 4 is 29.4 Å². The molecule has 0 spiro atoms. The third kappa shape index (κ3) is 7.48. The van der Waals surface area contributed by atoms with E-state index in [9.17, 15) is 19.2 Å². The van der Waals surface area contributed by atoms with Crippen molar-refractivity contribution in [2.45, 2.75) is 24.9 Å². The fraction of sp³-hybridized carbons (Fsp3) is 0.344. The Balaban J connectivity index is 1.38. The van der Waals surface area contributed by atoms with Crippen molar-refractivity contribution in [3.63, 3.8) is 0 Å². The third-order valence-corrected chi connectivity index (χ3v) is 7.67. The van der Waals surface area contributed by atoms with Crippen molar-refractivity contribution in [1.29, 1.82) is 0 Å². The fourth-order valence-electron chi connectivity index (χ4n) is 5.29. The standard InChI is InChI=1S/C32H36N6O5/c1-36-19-20-43-27-12-6-5-11-24(27)30(40)35-26(22-29(39)34-25(31(36)41)21-23-9-3-2-4-10-23)32(42)38-17-15-37(16-18-38)28-13-7-8-14-33-28/h2-14,25-26H,15-22H2,1H3,(H,34,39)(H,35,40)/t25-,26-/m0/s1. The van der Waals surface area contributed by atoms with Crippen LogP contribution in [0.5, 0.6) is 5.75 Å². The van der Waals surface area contributed by atoms with E-state index in [4.69, 9.17) is 4.74 Å². The third-order valence-electron chi connectivity index (χ3n) is 7.67. The summed E-state index contributed by atoms with van der Waals surface area (Å²) in [5.41, 5.74) is 1.13. The first kappa shape index (κ1) is 29.6. The van der Waals surface area contributed by atoms with Crippen LogP contribution in [0.25, 0.3) is 0 Å². The van der Waals surface area contributed by atoms with Crippen LogP contribution in [-0.2, 0) is 20.8 Å². The number of carbonyl (C=O) groups excluding carboxylic acids is 4. The smallest absolute Gasteiger partial charge is 0.255 e. The maximum atomic E-state index is 13.8. The van der Waals surface area contributed by atoms with Crippen molar-refractivity contribution in [3.05, 3.63) is 90.1 Å². The second-order valence-electron chi connectivity index (χ2n) is 10.6.